The van der Waals surface area contributed by atoms with Gasteiger partial charge in [-0.05, 0) is 298 Å². The first kappa shape index (κ1) is 83.6. The first-order chi connectivity index (χ1) is 64.4. The Morgan fingerprint density at radius 3 is 0.636 bits per heavy atom. The lowest BCUT2D eigenvalue weighted by Crippen LogP contribution is -2.31. The van der Waals surface area contributed by atoms with Crippen molar-refractivity contribution in [3.8, 4) is 134 Å². The van der Waals surface area contributed by atoms with Gasteiger partial charge in [-0.2, -0.15) is 0 Å². The van der Waals surface area contributed by atoms with Crippen LogP contribution in [0, 0.1) is 117 Å². The van der Waals surface area contributed by atoms with Crippen LogP contribution in [0.15, 0.2) is 340 Å². The molecule has 0 aliphatic carbocycles. The van der Waals surface area contributed by atoms with Gasteiger partial charge in [-0.1, -0.05) is 280 Å². The van der Waals surface area contributed by atoms with E-state index in [1.165, 1.54) is 134 Å². The summed E-state index contributed by atoms with van der Waals surface area (Å²) in [5.41, 5.74) is 42.3. The van der Waals surface area contributed by atoms with Crippen molar-refractivity contribution in [1.82, 2.24) is 0 Å². The summed E-state index contributed by atoms with van der Waals surface area (Å²) in [5, 5.41) is 0. The van der Waals surface area contributed by atoms with Crippen LogP contribution in [0.5, 0.6) is 0 Å². The number of nitrogens with zero attached hydrogens (tertiary/aromatic N) is 5. The molecule has 0 fully saturated rings. The smallest absolute Gasteiger partial charge is 0.201 e. The number of aromatic nitrogens is 5. The van der Waals surface area contributed by atoms with Crippen molar-refractivity contribution in [3.05, 3.63) is 435 Å². The van der Waals surface area contributed by atoms with Crippen LogP contribution in [-0.2, 0) is 35.2 Å². The van der Waals surface area contributed by atoms with Crippen molar-refractivity contribution < 1.29 is 39.3 Å². The third kappa shape index (κ3) is 23.6. The Bertz CT molecular complexity index is 6980. The van der Waals surface area contributed by atoms with E-state index in [9.17, 15) is 0 Å². The lowest BCUT2D eigenvalue weighted by molar-refractivity contribution is -0.660. The first-order valence-electron chi connectivity index (χ1n) is 48.5. The Hall–Kier alpha value is -13.6. The normalized spacial score (nSPS) is 12.2. The van der Waals surface area contributed by atoms with Gasteiger partial charge in [0, 0.05) is 102 Å². The van der Waals surface area contributed by atoms with E-state index in [4.69, 9.17) is 16.4 Å². The first-order valence-corrected chi connectivity index (χ1v) is 42.5. The molecular formula is C124H142N5+5. The molecule has 0 radical (unpaired) electrons. The van der Waals surface area contributed by atoms with Crippen LogP contribution >= 0.6 is 0 Å². The maximum Gasteiger partial charge on any atom is 0.213 e. The molecule has 658 valence electrons. The van der Waals surface area contributed by atoms with Crippen LogP contribution in [0.1, 0.15) is 148 Å². The number of hydrogen-bond donors (Lipinski definition) is 0. The fraction of sp³-hybridized carbons (Fsp3) is 0.218. The third-order valence-electron chi connectivity index (χ3n) is 23.7. The van der Waals surface area contributed by atoms with Crippen LogP contribution < -0.4 is 22.8 Å². The maximum absolute atomic E-state index is 8.09. The Labute approximate surface area is 793 Å². The zero-order valence-corrected chi connectivity index (χ0v) is 75.1. The molecule has 0 spiro atoms. The number of rotatable bonds is 12. The standard InChI is InChI=1S/2C27H26N.2C22H24N.C21H22N.5CH4/c2*1-19-15-20(2)26(16-24(19)22-11-7-5-8-12-22)27-17-25(21(3)18-28(27)4)23-13-9-6-10-14-23;2*1-15-12-22(23(5)14-18(15)4)21-13-20(16(2)11-17(21)3)19-9-7-6-8-10-19;1-15-10-11-21(22(4)14-15)20-13-19(16(2)12-17(20)3)18-8-6-5-7-9-18;;;;;/h2*5-18H,1-4H3;2*6-14H,1-5H3;5-14H,1-4H3;5*1H4/q5*+1;;;;;/i1D3,3D3;;2D3,4D3;;;;;;;. The molecule has 0 bridgehead atoms. The molecule has 0 amide bonds. The molecule has 0 aliphatic rings. The van der Waals surface area contributed by atoms with E-state index in [1.54, 1.807) is 40.6 Å². The lowest BCUT2D eigenvalue weighted by atomic mass is 9.92. The summed E-state index contributed by atoms with van der Waals surface area (Å²) in [6.45, 7) is 18.4. The highest BCUT2D eigenvalue weighted by Gasteiger charge is 2.24. The van der Waals surface area contributed by atoms with Gasteiger partial charge in [0.05, 0.1) is 0 Å². The van der Waals surface area contributed by atoms with Crippen LogP contribution in [0.4, 0.5) is 0 Å². The number of aryl methyl sites for hydroxylation is 22. The number of pyridine rings is 5. The minimum absolute atomic E-state index is 0. The monoisotopic (exact) mass is 1710 g/mol. The summed E-state index contributed by atoms with van der Waals surface area (Å²) in [6.07, 6.45) is 9.92. The van der Waals surface area contributed by atoms with Gasteiger partial charge in [-0.25, -0.2) is 22.8 Å². The predicted molar refractivity (Wildman–Crippen MR) is 558 cm³/mol. The summed E-state index contributed by atoms with van der Waals surface area (Å²) in [7, 11) is 10.0. The zero-order chi connectivity index (χ0) is 98.2. The van der Waals surface area contributed by atoms with E-state index in [0.29, 0.717) is 38.9 Å². The summed E-state index contributed by atoms with van der Waals surface area (Å²) in [4.78, 5) is 0. The van der Waals surface area contributed by atoms with Gasteiger partial charge < -0.3 is 0 Å². The van der Waals surface area contributed by atoms with Crippen LogP contribution in [-0.4, -0.2) is 0 Å². The van der Waals surface area contributed by atoms with Crippen LogP contribution in [0.3, 0.4) is 0 Å². The molecule has 0 N–H and O–H groups in total. The fourth-order valence-corrected chi connectivity index (χ4v) is 16.8. The summed E-state index contributed by atoms with van der Waals surface area (Å²) >= 11 is 0. The minimum Gasteiger partial charge on any atom is -0.201 e. The second-order valence-corrected chi connectivity index (χ2v) is 33.1. The molecule has 17 rings (SSSR count). The minimum atomic E-state index is -2.28. The van der Waals surface area contributed by atoms with Gasteiger partial charge >= 0.3 is 0 Å². The van der Waals surface area contributed by atoms with Crippen molar-refractivity contribution in [1.29, 1.82) is 0 Å². The van der Waals surface area contributed by atoms with E-state index < -0.39 is 27.4 Å². The van der Waals surface area contributed by atoms with E-state index >= 15 is 0 Å². The molecular weight excluding hydrogens is 1560 g/mol. The Kier molecular flexibility index (Phi) is 29.3. The van der Waals surface area contributed by atoms with Gasteiger partial charge in [0.1, 0.15) is 35.2 Å². The molecule has 0 unspecified atom stereocenters. The van der Waals surface area contributed by atoms with Gasteiger partial charge in [0.25, 0.3) is 0 Å². The second-order valence-electron chi connectivity index (χ2n) is 33.1. The predicted octanol–water partition coefficient (Wildman–Crippen LogP) is 31.0. The third-order valence-corrected chi connectivity index (χ3v) is 23.7. The highest BCUT2D eigenvalue weighted by molar-refractivity contribution is 5.83. The highest BCUT2D eigenvalue weighted by atomic mass is 14.9. The highest BCUT2D eigenvalue weighted by Crippen LogP contribution is 2.39. The van der Waals surface area contributed by atoms with E-state index in [-0.39, 0.29) is 42.7 Å². The average Bonchev–Trinajstić information content (AvgIpc) is 0.758. The molecule has 0 aliphatic heterocycles. The van der Waals surface area contributed by atoms with E-state index in [1.807, 2.05) is 143 Å². The van der Waals surface area contributed by atoms with Crippen LogP contribution in [0.25, 0.3) is 134 Å². The average molecular weight is 1710 g/mol. The largest absolute Gasteiger partial charge is 0.213 e. The van der Waals surface area contributed by atoms with Gasteiger partial charge in [0.2, 0.25) is 28.5 Å². The molecule has 12 aromatic carbocycles. The van der Waals surface area contributed by atoms with E-state index in [0.717, 1.165) is 50.3 Å². The summed E-state index contributed by atoms with van der Waals surface area (Å²) in [5.74, 6) is 0. The molecule has 0 atom stereocenters. The molecule has 0 saturated heterocycles. The summed E-state index contributed by atoms with van der Waals surface area (Å²) < 4.78 is 106. The van der Waals surface area contributed by atoms with Crippen molar-refractivity contribution in [2.75, 3.05) is 0 Å². The Morgan fingerprint density at radius 2 is 0.357 bits per heavy atom. The van der Waals surface area contributed by atoms with Crippen LogP contribution in [0.2, 0.25) is 0 Å². The van der Waals surface area contributed by atoms with Gasteiger partial charge in [0.15, 0.2) is 31.0 Å². The van der Waals surface area contributed by atoms with E-state index in [2.05, 4.69) is 305 Å². The number of hydrogen-bond acceptors (Lipinski definition) is 0. The topological polar surface area (TPSA) is 19.4 Å². The van der Waals surface area contributed by atoms with Crippen molar-refractivity contribution in [2.24, 2.45) is 35.2 Å². The molecule has 129 heavy (non-hydrogen) atoms. The molecule has 5 aromatic heterocycles. The number of benzene rings is 12. The lowest BCUT2D eigenvalue weighted by Gasteiger charge is -2.13. The quantitative estimate of drug-likeness (QED) is 0.109. The molecule has 5 nitrogen and oxygen atoms in total. The zero-order valence-electron chi connectivity index (χ0n) is 87.1. The van der Waals surface area contributed by atoms with Crippen molar-refractivity contribution in [2.45, 2.75) is 155 Å². The molecule has 0 saturated carbocycles. The SMILES string of the molecule is C.C.C.C.C.Cc1cc(-c2cc(-c3ccccc3)c(C)cc2C)[n+](C)cc1C.Cc1cc(C)c(-c2cc(-c3ccccc3)c(C)c[n+]2C)cc1-c1ccccc1.Cc1ccc(-c2cc(-c3ccccc3)c(C)cc2C)[n+](C)c1.[2H]C([2H])([2H])c1c[n+](C)c(-c2cc(-c3ccccc3)c(C([2H])([2H])[2H])cc2C)cc1C.[2H]C([2H])([2H])c1cc(C)c(-c2cc(-c3ccccc3)c(C([2H])([2H])[2H])c[n+]2C)cc1-c1ccccc1. The Balaban J connectivity index is 0.000000215. The Morgan fingerprint density at radius 1 is 0.155 bits per heavy atom. The maximum atomic E-state index is 8.09. The van der Waals surface area contributed by atoms with Gasteiger partial charge in [-0.3, -0.25) is 0 Å². The van der Waals surface area contributed by atoms with Crippen molar-refractivity contribution >= 4 is 0 Å². The van der Waals surface area contributed by atoms with Gasteiger partial charge in [-0.15, -0.1) is 0 Å². The summed E-state index contributed by atoms with van der Waals surface area (Å²) in [6, 6.07) is 105. The molecule has 5 heteroatoms. The van der Waals surface area contributed by atoms with Crippen molar-refractivity contribution in [3.63, 3.8) is 0 Å². The molecule has 17 aromatic rings. The fourth-order valence-electron chi connectivity index (χ4n) is 16.8. The second kappa shape index (κ2) is 45.2. The molecule has 5 heterocycles.